The molecular formula is C28H43N5O8S. The molecule has 0 saturated heterocycles. The molecule has 0 bridgehead atoms. The first kappa shape index (κ1) is 36.4. The van der Waals surface area contributed by atoms with Gasteiger partial charge in [0.05, 0.1) is 6.04 Å². The van der Waals surface area contributed by atoms with Gasteiger partial charge in [0.25, 0.3) is 0 Å². The van der Waals surface area contributed by atoms with Crippen LogP contribution in [-0.4, -0.2) is 88.0 Å². The van der Waals surface area contributed by atoms with Crippen molar-refractivity contribution in [3.8, 4) is 0 Å². The van der Waals surface area contributed by atoms with E-state index in [2.05, 4.69) is 21.3 Å². The predicted octanol–water partition coefficient (Wildman–Crippen LogP) is 0.264. The number of amides is 4. The lowest BCUT2D eigenvalue weighted by Crippen LogP contribution is -2.59. The standard InChI is InChI=1S/C28H43N5O8S/c1-5-16(2)23(28(40)41)33-27(39)21(15-18-9-7-6-8-10-18)32-26(38)20(11-12-22(34)35)31-24(36)17(3)30-25(37)19(29)13-14-42-4/h6-10,16-17,19-21,23H,5,11-15,29H2,1-4H3,(H,30,37)(H,31,36)(H,32,38)(H,33,39)(H,34,35)(H,40,41)/t16-,17-,19-,20-,21-,23-/m0/s1. The fourth-order valence-corrected chi connectivity index (χ4v) is 4.35. The number of aliphatic carboxylic acids is 2. The average Bonchev–Trinajstić information content (AvgIpc) is 2.95. The molecule has 42 heavy (non-hydrogen) atoms. The lowest BCUT2D eigenvalue weighted by atomic mass is 9.98. The Labute approximate surface area is 250 Å². The Morgan fingerprint density at radius 2 is 1.43 bits per heavy atom. The van der Waals surface area contributed by atoms with Crippen LogP contribution in [0.5, 0.6) is 0 Å². The summed E-state index contributed by atoms with van der Waals surface area (Å²) in [7, 11) is 0. The second-order valence-electron chi connectivity index (χ2n) is 10.1. The fourth-order valence-electron chi connectivity index (χ4n) is 3.86. The van der Waals surface area contributed by atoms with Crippen molar-refractivity contribution in [2.45, 2.75) is 83.1 Å². The van der Waals surface area contributed by atoms with E-state index < -0.39 is 78.1 Å². The molecule has 0 aromatic heterocycles. The number of nitrogens with one attached hydrogen (secondary N) is 4. The maximum Gasteiger partial charge on any atom is 0.326 e. The van der Waals surface area contributed by atoms with Crippen LogP contribution in [0.15, 0.2) is 30.3 Å². The van der Waals surface area contributed by atoms with Crippen molar-refractivity contribution in [2.24, 2.45) is 11.7 Å². The predicted molar refractivity (Wildman–Crippen MR) is 158 cm³/mol. The molecule has 13 nitrogen and oxygen atoms in total. The van der Waals surface area contributed by atoms with Crippen molar-refractivity contribution >= 4 is 47.3 Å². The topological polar surface area (TPSA) is 217 Å². The van der Waals surface area contributed by atoms with Crippen LogP contribution in [0.3, 0.4) is 0 Å². The number of hydrogen-bond donors (Lipinski definition) is 7. The van der Waals surface area contributed by atoms with Gasteiger partial charge < -0.3 is 37.2 Å². The number of thioether (sulfide) groups is 1. The van der Waals surface area contributed by atoms with E-state index in [4.69, 9.17) is 5.73 Å². The highest BCUT2D eigenvalue weighted by Crippen LogP contribution is 2.11. The van der Waals surface area contributed by atoms with Gasteiger partial charge in [-0.1, -0.05) is 50.6 Å². The summed E-state index contributed by atoms with van der Waals surface area (Å²) < 4.78 is 0. The number of carboxylic acids is 2. The van der Waals surface area contributed by atoms with Crippen LogP contribution in [0.4, 0.5) is 0 Å². The first-order chi connectivity index (χ1) is 19.8. The zero-order valence-electron chi connectivity index (χ0n) is 24.4. The molecule has 0 aliphatic heterocycles. The number of carboxylic acid groups (broad SMARTS) is 2. The molecule has 0 fully saturated rings. The first-order valence-electron chi connectivity index (χ1n) is 13.7. The summed E-state index contributed by atoms with van der Waals surface area (Å²) in [4.78, 5) is 74.9. The molecule has 1 rings (SSSR count). The number of benzene rings is 1. The minimum absolute atomic E-state index is 0.00521. The molecule has 0 aliphatic rings. The zero-order chi connectivity index (χ0) is 31.8. The van der Waals surface area contributed by atoms with Gasteiger partial charge in [0, 0.05) is 12.8 Å². The van der Waals surface area contributed by atoms with E-state index in [9.17, 15) is 39.0 Å². The van der Waals surface area contributed by atoms with Crippen molar-refractivity contribution < 1.29 is 39.0 Å². The third kappa shape index (κ3) is 12.9. The summed E-state index contributed by atoms with van der Waals surface area (Å²) in [6, 6.07) is 2.99. The van der Waals surface area contributed by atoms with E-state index >= 15 is 0 Å². The third-order valence-electron chi connectivity index (χ3n) is 6.69. The van der Waals surface area contributed by atoms with Crippen LogP contribution in [0.25, 0.3) is 0 Å². The highest BCUT2D eigenvalue weighted by molar-refractivity contribution is 7.98. The van der Waals surface area contributed by atoms with Gasteiger partial charge in [0.1, 0.15) is 24.2 Å². The summed E-state index contributed by atoms with van der Waals surface area (Å²) in [5.74, 6) is -5.07. The minimum Gasteiger partial charge on any atom is -0.481 e. The maximum absolute atomic E-state index is 13.4. The van der Waals surface area contributed by atoms with Gasteiger partial charge in [-0.15, -0.1) is 0 Å². The first-order valence-corrected chi connectivity index (χ1v) is 15.1. The fraction of sp³-hybridized carbons (Fsp3) is 0.571. The summed E-state index contributed by atoms with van der Waals surface area (Å²) in [5.41, 5.74) is 6.52. The molecule has 0 aliphatic carbocycles. The minimum atomic E-state index is -1.37. The molecule has 0 heterocycles. The quantitative estimate of drug-likeness (QED) is 0.113. The molecule has 1 aromatic rings. The SMILES string of the molecule is CC[C@H](C)[C@H](NC(=O)[C@H](Cc1ccccc1)NC(=O)[C@H](CCC(=O)O)NC(=O)[C@H](C)NC(=O)[C@@H](N)CCSC)C(=O)O. The van der Waals surface area contributed by atoms with Gasteiger partial charge in [-0.2, -0.15) is 11.8 Å². The highest BCUT2D eigenvalue weighted by Gasteiger charge is 2.32. The maximum atomic E-state index is 13.4. The average molecular weight is 610 g/mol. The Morgan fingerprint density at radius 1 is 0.833 bits per heavy atom. The van der Waals surface area contributed by atoms with Crippen molar-refractivity contribution in [2.75, 3.05) is 12.0 Å². The van der Waals surface area contributed by atoms with Gasteiger partial charge in [0.2, 0.25) is 23.6 Å². The molecule has 4 amide bonds. The molecule has 8 N–H and O–H groups in total. The smallest absolute Gasteiger partial charge is 0.326 e. The van der Waals surface area contributed by atoms with E-state index in [1.54, 1.807) is 44.2 Å². The molecule has 0 radical (unpaired) electrons. The third-order valence-corrected chi connectivity index (χ3v) is 7.34. The number of carbonyl (C=O) groups excluding carboxylic acids is 4. The summed E-state index contributed by atoms with van der Waals surface area (Å²) >= 11 is 1.52. The van der Waals surface area contributed by atoms with Crippen LogP contribution in [-0.2, 0) is 35.2 Å². The lowest BCUT2D eigenvalue weighted by molar-refractivity contribution is -0.143. The van der Waals surface area contributed by atoms with Crippen molar-refractivity contribution in [3.05, 3.63) is 35.9 Å². The molecule has 0 spiro atoms. The van der Waals surface area contributed by atoms with E-state index in [1.165, 1.54) is 18.7 Å². The Kier molecular flexibility index (Phi) is 16.2. The monoisotopic (exact) mass is 609 g/mol. The molecule has 6 atom stereocenters. The van der Waals surface area contributed by atoms with Crippen LogP contribution in [0.1, 0.15) is 52.0 Å². The zero-order valence-corrected chi connectivity index (χ0v) is 25.2. The highest BCUT2D eigenvalue weighted by atomic mass is 32.2. The molecule has 0 saturated carbocycles. The van der Waals surface area contributed by atoms with Crippen LogP contribution in [0.2, 0.25) is 0 Å². The number of hydrogen-bond acceptors (Lipinski definition) is 8. The number of nitrogens with two attached hydrogens (primary N) is 1. The van der Waals surface area contributed by atoms with Crippen LogP contribution < -0.4 is 27.0 Å². The summed E-state index contributed by atoms with van der Waals surface area (Å²) in [5, 5.41) is 28.8. The molecule has 1 aromatic carbocycles. The van der Waals surface area contributed by atoms with Crippen LogP contribution in [0, 0.1) is 5.92 Å². The molecule has 14 heteroatoms. The molecule has 234 valence electrons. The number of rotatable bonds is 19. The molecule has 0 unspecified atom stereocenters. The van der Waals surface area contributed by atoms with Crippen LogP contribution >= 0.6 is 11.8 Å². The molecular weight excluding hydrogens is 566 g/mol. The van der Waals surface area contributed by atoms with E-state index in [0.29, 0.717) is 24.2 Å². The Hall–Kier alpha value is -3.65. The second kappa shape index (κ2) is 18.7. The normalized spacial score (nSPS) is 15.2. The van der Waals surface area contributed by atoms with Crippen molar-refractivity contribution in [1.82, 2.24) is 21.3 Å². The van der Waals surface area contributed by atoms with E-state index in [-0.39, 0.29) is 12.8 Å². The van der Waals surface area contributed by atoms with Gasteiger partial charge in [0.15, 0.2) is 0 Å². The van der Waals surface area contributed by atoms with E-state index in [1.807, 2.05) is 6.26 Å². The second-order valence-corrected chi connectivity index (χ2v) is 11.1. The van der Waals surface area contributed by atoms with E-state index in [0.717, 1.165) is 0 Å². The van der Waals surface area contributed by atoms with Gasteiger partial charge in [-0.05, 0) is 43.3 Å². The van der Waals surface area contributed by atoms with Gasteiger partial charge in [-0.25, -0.2) is 4.79 Å². The lowest BCUT2D eigenvalue weighted by Gasteiger charge is -2.27. The van der Waals surface area contributed by atoms with Crippen molar-refractivity contribution in [3.63, 3.8) is 0 Å². The largest absolute Gasteiger partial charge is 0.481 e. The number of carbonyl (C=O) groups is 6. The Bertz CT molecular complexity index is 1070. The summed E-state index contributed by atoms with van der Waals surface area (Å²) in [6.07, 6.45) is 1.98. The Morgan fingerprint density at radius 3 is 1.98 bits per heavy atom. The van der Waals surface area contributed by atoms with Crippen molar-refractivity contribution in [1.29, 1.82) is 0 Å². The van der Waals surface area contributed by atoms with Gasteiger partial charge in [-0.3, -0.25) is 24.0 Å². The van der Waals surface area contributed by atoms with Gasteiger partial charge >= 0.3 is 11.9 Å². The Balaban J connectivity index is 3.13. The summed E-state index contributed by atoms with van der Waals surface area (Å²) in [6.45, 7) is 4.86.